The van der Waals surface area contributed by atoms with Crippen molar-refractivity contribution in [3.8, 4) is 11.1 Å². The van der Waals surface area contributed by atoms with Crippen LogP contribution in [0.1, 0.15) is 38.2 Å². The quantitative estimate of drug-likeness (QED) is 0.719. The highest BCUT2D eigenvalue weighted by molar-refractivity contribution is 6.01. The van der Waals surface area contributed by atoms with Crippen LogP contribution < -0.4 is 5.32 Å². The fraction of sp³-hybridized carbons (Fsp3) is 0.455. The molecule has 30 heavy (non-hydrogen) atoms. The molecule has 4 rings (SSSR count). The lowest BCUT2D eigenvalue weighted by Gasteiger charge is -2.40. The molecule has 0 radical (unpaired) electrons. The average molecular weight is 409 g/mol. The summed E-state index contributed by atoms with van der Waals surface area (Å²) < 4.78 is 3.88. The molecule has 158 valence electrons. The molecule has 0 unspecified atom stereocenters. The number of fused-ring (bicyclic) bond motifs is 1. The van der Waals surface area contributed by atoms with Crippen molar-refractivity contribution in [2.45, 2.75) is 39.8 Å². The molecule has 8 heteroatoms. The third kappa shape index (κ3) is 3.36. The zero-order valence-electron chi connectivity index (χ0n) is 18.1. The van der Waals surface area contributed by atoms with Crippen LogP contribution >= 0.6 is 0 Å². The molecular formula is C22H28N6O2. The Morgan fingerprint density at radius 3 is 2.70 bits per heavy atom. The minimum Gasteiger partial charge on any atom is -0.352 e. The Morgan fingerprint density at radius 1 is 1.27 bits per heavy atom. The van der Waals surface area contributed by atoms with Crippen LogP contribution in [0.25, 0.3) is 22.2 Å². The maximum absolute atomic E-state index is 13.3. The van der Waals surface area contributed by atoms with E-state index in [0.29, 0.717) is 24.7 Å². The predicted molar refractivity (Wildman–Crippen MR) is 115 cm³/mol. The topological polar surface area (TPSA) is 85.0 Å². The van der Waals surface area contributed by atoms with Gasteiger partial charge >= 0.3 is 0 Å². The lowest BCUT2D eigenvalue weighted by atomic mass is 9.98. The number of aryl methyl sites for hydroxylation is 1. The van der Waals surface area contributed by atoms with E-state index in [9.17, 15) is 9.59 Å². The molecule has 1 fully saturated rings. The normalized spacial score (nSPS) is 16.3. The maximum Gasteiger partial charge on any atom is 0.273 e. The summed E-state index contributed by atoms with van der Waals surface area (Å²) in [7, 11) is 1.89. The van der Waals surface area contributed by atoms with Crippen LogP contribution in [0, 0.1) is 5.92 Å². The van der Waals surface area contributed by atoms with Gasteiger partial charge in [-0.15, -0.1) is 0 Å². The molecule has 0 spiro atoms. The Bertz CT molecular complexity index is 1120. The van der Waals surface area contributed by atoms with E-state index >= 15 is 0 Å². The highest BCUT2D eigenvalue weighted by atomic mass is 16.2. The van der Waals surface area contributed by atoms with Gasteiger partial charge in [-0.25, -0.2) is 4.98 Å². The summed E-state index contributed by atoms with van der Waals surface area (Å²) in [6.45, 7) is 9.54. The van der Waals surface area contributed by atoms with Crippen molar-refractivity contribution in [2.75, 3.05) is 13.1 Å². The van der Waals surface area contributed by atoms with Crippen LogP contribution in [0.5, 0.6) is 0 Å². The van der Waals surface area contributed by atoms with Gasteiger partial charge in [-0.3, -0.25) is 14.3 Å². The Morgan fingerprint density at radius 2 is 2.03 bits per heavy atom. The molecule has 2 amide bonds. The number of carbonyl (C=O) groups excluding carboxylic acids is 2. The van der Waals surface area contributed by atoms with E-state index in [1.807, 2.05) is 25.5 Å². The number of amides is 2. The zero-order valence-corrected chi connectivity index (χ0v) is 18.1. The number of nitrogens with zero attached hydrogens (tertiary/aromatic N) is 5. The van der Waals surface area contributed by atoms with Gasteiger partial charge in [0.1, 0.15) is 16.9 Å². The maximum atomic E-state index is 13.3. The number of aromatic nitrogens is 4. The highest BCUT2D eigenvalue weighted by Crippen LogP contribution is 2.31. The van der Waals surface area contributed by atoms with E-state index < -0.39 is 5.54 Å². The second-order valence-corrected chi connectivity index (χ2v) is 8.83. The Labute approximate surface area is 175 Å². The molecule has 4 heterocycles. The number of hydrogen-bond acceptors (Lipinski definition) is 4. The first-order valence-corrected chi connectivity index (χ1v) is 10.3. The van der Waals surface area contributed by atoms with E-state index in [1.54, 1.807) is 29.5 Å². The number of piperazine rings is 1. The largest absolute Gasteiger partial charge is 0.352 e. The van der Waals surface area contributed by atoms with Gasteiger partial charge in [0.05, 0.1) is 6.20 Å². The fourth-order valence-corrected chi connectivity index (χ4v) is 4.00. The number of carbonyl (C=O) groups is 2. The standard InChI is InChI=1S/C22H28N6O2/c1-14(2)11-27-13-17(15-10-24-26(5)12-15)16-6-7-18(25-19(16)27)20(29)28-9-8-23-21(30)22(28,3)4/h6-7,10,12-14H,8-9,11H2,1-5H3,(H,23,30). The minimum absolute atomic E-state index is 0.148. The summed E-state index contributed by atoms with van der Waals surface area (Å²) in [4.78, 5) is 31.9. The van der Waals surface area contributed by atoms with Crippen molar-refractivity contribution >= 4 is 22.8 Å². The molecule has 1 N–H and O–H groups in total. The Balaban J connectivity index is 1.79. The summed E-state index contributed by atoms with van der Waals surface area (Å²) in [6, 6.07) is 3.71. The van der Waals surface area contributed by atoms with Crippen LogP contribution in [0.4, 0.5) is 0 Å². The first-order chi connectivity index (χ1) is 14.2. The van der Waals surface area contributed by atoms with Gasteiger partial charge in [0.25, 0.3) is 5.91 Å². The third-order valence-corrected chi connectivity index (χ3v) is 5.62. The second-order valence-electron chi connectivity index (χ2n) is 8.83. The number of nitrogens with one attached hydrogen (secondary N) is 1. The summed E-state index contributed by atoms with van der Waals surface area (Å²) >= 11 is 0. The first-order valence-electron chi connectivity index (χ1n) is 10.3. The summed E-state index contributed by atoms with van der Waals surface area (Å²) in [5, 5.41) is 8.10. The number of rotatable bonds is 4. The van der Waals surface area contributed by atoms with E-state index in [1.165, 1.54) is 0 Å². The summed E-state index contributed by atoms with van der Waals surface area (Å²) in [5.74, 6) is 0.0513. The molecule has 3 aromatic rings. The molecule has 0 bridgehead atoms. The number of pyridine rings is 1. The lowest BCUT2D eigenvalue weighted by molar-refractivity contribution is -0.133. The first kappa shape index (κ1) is 20.1. The van der Waals surface area contributed by atoms with E-state index in [-0.39, 0.29) is 11.8 Å². The molecule has 0 aromatic carbocycles. The van der Waals surface area contributed by atoms with Crippen LogP contribution in [0.3, 0.4) is 0 Å². The smallest absolute Gasteiger partial charge is 0.273 e. The van der Waals surface area contributed by atoms with E-state index in [2.05, 4.69) is 35.0 Å². The highest BCUT2D eigenvalue weighted by Gasteiger charge is 2.41. The van der Waals surface area contributed by atoms with Gasteiger partial charge in [0.2, 0.25) is 5.91 Å². The van der Waals surface area contributed by atoms with Gasteiger partial charge < -0.3 is 14.8 Å². The zero-order chi connectivity index (χ0) is 21.6. The molecule has 0 atom stereocenters. The van der Waals surface area contributed by atoms with E-state index in [0.717, 1.165) is 28.7 Å². The lowest BCUT2D eigenvalue weighted by Crippen LogP contribution is -2.63. The SMILES string of the molecule is CC(C)Cn1cc(-c2cnn(C)c2)c2ccc(C(=O)N3CCNC(=O)C3(C)C)nc21. The van der Waals surface area contributed by atoms with Crippen molar-refractivity contribution < 1.29 is 9.59 Å². The molecule has 1 aliphatic rings. The van der Waals surface area contributed by atoms with Gasteiger partial charge in [-0.2, -0.15) is 5.10 Å². The van der Waals surface area contributed by atoms with Crippen molar-refractivity contribution in [1.29, 1.82) is 0 Å². The average Bonchev–Trinajstić information content (AvgIpc) is 3.26. The van der Waals surface area contributed by atoms with Crippen molar-refractivity contribution in [2.24, 2.45) is 13.0 Å². The summed E-state index contributed by atoms with van der Waals surface area (Å²) in [5.41, 5.74) is 2.27. The fourth-order valence-electron chi connectivity index (χ4n) is 4.00. The van der Waals surface area contributed by atoms with E-state index in [4.69, 9.17) is 4.98 Å². The number of hydrogen-bond donors (Lipinski definition) is 1. The van der Waals surface area contributed by atoms with Gasteiger partial charge in [-0.05, 0) is 31.9 Å². The van der Waals surface area contributed by atoms with Gasteiger partial charge in [0, 0.05) is 55.6 Å². The molecule has 1 saturated heterocycles. The van der Waals surface area contributed by atoms with Crippen molar-refractivity contribution in [3.05, 3.63) is 36.4 Å². The molecule has 0 aliphatic carbocycles. The van der Waals surface area contributed by atoms with Gasteiger partial charge in [0.15, 0.2) is 0 Å². The van der Waals surface area contributed by atoms with Crippen LogP contribution in [-0.2, 0) is 18.4 Å². The van der Waals surface area contributed by atoms with Crippen LogP contribution in [0.2, 0.25) is 0 Å². The van der Waals surface area contributed by atoms with Crippen molar-refractivity contribution in [3.63, 3.8) is 0 Å². The summed E-state index contributed by atoms with van der Waals surface area (Å²) in [6.07, 6.45) is 5.89. The Hall–Kier alpha value is -3.16. The Kier molecular flexibility index (Phi) is 4.88. The van der Waals surface area contributed by atoms with Crippen LogP contribution in [0.15, 0.2) is 30.7 Å². The minimum atomic E-state index is -0.910. The van der Waals surface area contributed by atoms with Crippen molar-refractivity contribution in [1.82, 2.24) is 29.5 Å². The molecule has 3 aromatic heterocycles. The monoisotopic (exact) mass is 408 g/mol. The third-order valence-electron chi connectivity index (χ3n) is 5.62. The van der Waals surface area contributed by atoms with Crippen LogP contribution in [-0.4, -0.2) is 54.7 Å². The molecule has 1 aliphatic heterocycles. The molecular weight excluding hydrogens is 380 g/mol. The second kappa shape index (κ2) is 7.27. The molecule has 0 saturated carbocycles. The molecule has 8 nitrogen and oxygen atoms in total. The van der Waals surface area contributed by atoms with Gasteiger partial charge in [-0.1, -0.05) is 13.8 Å². The predicted octanol–water partition coefficient (Wildman–Crippen LogP) is 2.44.